The van der Waals surface area contributed by atoms with Crippen LogP contribution in [0.4, 0.5) is 13.2 Å². The van der Waals surface area contributed by atoms with E-state index < -0.39 is 11.7 Å². The van der Waals surface area contributed by atoms with Crippen molar-refractivity contribution in [2.45, 2.75) is 45.7 Å². The third-order valence-corrected chi connectivity index (χ3v) is 6.15. The molecule has 1 aliphatic heterocycles. The van der Waals surface area contributed by atoms with Crippen molar-refractivity contribution in [3.8, 4) is 0 Å². The zero-order valence-electron chi connectivity index (χ0n) is 18.5. The Bertz CT molecular complexity index is 1120. The number of hydrogen-bond acceptors (Lipinski definition) is 3. The molecule has 168 valence electrons. The van der Waals surface area contributed by atoms with Gasteiger partial charge in [0.25, 0.3) is 0 Å². The van der Waals surface area contributed by atoms with Gasteiger partial charge in [0.15, 0.2) is 0 Å². The second-order valence-corrected chi connectivity index (χ2v) is 8.25. The zero-order chi connectivity index (χ0) is 22.7. The summed E-state index contributed by atoms with van der Waals surface area (Å²) >= 11 is 0. The number of rotatable bonds is 6. The Labute approximate surface area is 187 Å². The molecule has 0 aliphatic carbocycles. The molecule has 0 radical (unpaired) electrons. The molecule has 2 heterocycles. The summed E-state index contributed by atoms with van der Waals surface area (Å²) in [4.78, 5) is 12.0. The number of halogens is 3. The molecule has 0 N–H and O–H groups in total. The summed E-state index contributed by atoms with van der Waals surface area (Å²) in [6.45, 7) is 6.87. The summed E-state index contributed by atoms with van der Waals surface area (Å²) in [6, 6.07) is 11.8. The average molecular weight is 440 g/mol. The molecule has 3 aromatic rings. The maximum Gasteiger partial charge on any atom is 0.416 e. The van der Waals surface area contributed by atoms with E-state index in [1.165, 1.54) is 17.7 Å². The standard InChI is InChI=1S/C26H28F3N3/c1-3-22-23(4-2)31-25-17-18(5-10-24(25)30-22)11-14-32-15-12-20(13-16-32)19-6-8-21(9-7-19)26(27,28)29/h5-10,12,17H,3-4,11,13-16H2,1-2H3. The van der Waals surface area contributed by atoms with Gasteiger partial charge in [0, 0.05) is 19.6 Å². The van der Waals surface area contributed by atoms with Crippen LogP contribution in [-0.4, -0.2) is 34.5 Å². The van der Waals surface area contributed by atoms with Crippen molar-refractivity contribution in [3.05, 3.63) is 76.6 Å². The fraction of sp³-hybridized carbons (Fsp3) is 0.385. The van der Waals surface area contributed by atoms with Gasteiger partial charge in [-0.15, -0.1) is 0 Å². The number of nitrogens with zero attached hydrogens (tertiary/aromatic N) is 3. The summed E-state index contributed by atoms with van der Waals surface area (Å²) in [7, 11) is 0. The molecule has 0 saturated carbocycles. The van der Waals surface area contributed by atoms with Crippen LogP contribution in [0.1, 0.15) is 48.3 Å². The molecule has 0 amide bonds. The van der Waals surface area contributed by atoms with Gasteiger partial charge in [0.1, 0.15) is 0 Å². The fourth-order valence-corrected chi connectivity index (χ4v) is 4.23. The first-order valence-corrected chi connectivity index (χ1v) is 11.2. The Hall–Kier alpha value is -2.73. The molecular formula is C26H28F3N3. The Morgan fingerprint density at radius 1 is 0.906 bits per heavy atom. The van der Waals surface area contributed by atoms with Crippen molar-refractivity contribution in [1.29, 1.82) is 0 Å². The summed E-state index contributed by atoms with van der Waals surface area (Å²) in [5, 5.41) is 0. The number of alkyl halides is 3. The lowest BCUT2D eigenvalue weighted by molar-refractivity contribution is -0.137. The molecule has 3 nitrogen and oxygen atoms in total. The van der Waals surface area contributed by atoms with E-state index in [4.69, 9.17) is 9.97 Å². The lowest BCUT2D eigenvalue weighted by Crippen LogP contribution is -2.30. The molecule has 0 atom stereocenters. The highest BCUT2D eigenvalue weighted by Gasteiger charge is 2.30. The van der Waals surface area contributed by atoms with Crippen molar-refractivity contribution in [3.63, 3.8) is 0 Å². The Kier molecular flexibility index (Phi) is 6.60. The van der Waals surface area contributed by atoms with E-state index in [2.05, 4.69) is 43.0 Å². The molecule has 1 aromatic heterocycles. The van der Waals surface area contributed by atoms with Gasteiger partial charge in [0.05, 0.1) is 28.0 Å². The van der Waals surface area contributed by atoms with E-state index in [1.54, 1.807) is 12.1 Å². The SMILES string of the molecule is CCc1nc2ccc(CCN3CC=C(c4ccc(C(F)(F)F)cc4)CC3)cc2nc1CC. The number of aromatic nitrogens is 2. The van der Waals surface area contributed by atoms with Crippen molar-refractivity contribution in [2.24, 2.45) is 0 Å². The fourth-order valence-electron chi connectivity index (χ4n) is 4.23. The molecule has 0 fully saturated rings. The van der Waals surface area contributed by atoms with Gasteiger partial charge >= 0.3 is 6.18 Å². The second kappa shape index (κ2) is 9.41. The van der Waals surface area contributed by atoms with Gasteiger partial charge in [0.2, 0.25) is 0 Å². The lowest BCUT2D eigenvalue weighted by atomic mass is 9.98. The zero-order valence-corrected chi connectivity index (χ0v) is 18.5. The normalized spacial score (nSPS) is 15.2. The molecule has 0 bridgehead atoms. The molecule has 0 spiro atoms. The van der Waals surface area contributed by atoms with Crippen LogP contribution >= 0.6 is 0 Å². The molecule has 2 aromatic carbocycles. The molecule has 6 heteroatoms. The van der Waals surface area contributed by atoms with E-state index in [0.29, 0.717) is 0 Å². The van der Waals surface area contributed by atoms with Crippen LogP contribution in [-0.2, 0) is 25.4 Å². The molecule has 1 aliphatic rings. The predicted octanol–water partition coefficient (Wildman–Crippen LogP) is 6.11. The molecular weight excluding hydrogens is 411 g/mol. The second-order valence-electron chi connectivity index (χ2n) is 8.25. The molecule has 32 heavy (non-hydrogen) atoms. The maximum atomic E-state index is 12.8. The minimum atomic E-state index is -4.29. The van der Waals surface area contributed by atoms with Gasteiger partial charge < -0.3 is 0 Å². The van der Waals surface area contributed by atoms with Crippen molar-refractivity contribution in [2.75, 3.05) is 19.6 Å². The van der Waals surface area contributed by atoms with E-state index >= 15 is 0 Å². The first kappa shape index (κ1) is 22.5. The highest BCUT2D eigenvalue weighted by molar-refractivity contribution is 5.75. The Balaban J connectivity index is 1.38. The summed E-state index contributed by atoms with van der Waals surface area (Å²) < 4.78 is 38.3. The number of aryl methyl sites for hydroxylation is 2. The Morgan fingerprint density at radius 3 is 2.19 bits per heavy atom. The van der Waals surface area contributed by atoms with Crippen LogP contribution in [0, 0.1) is 0 Å². The third-order valence-electron chi connectivity index (χ3n) is 6.15. The van der Waals surface area contributed by atoms with E-state index in [0.717, 1.165) is 78.9 Å². The highest BCUT2D eigenvalue weighted by Crippen LogP contribution is 2.31. The molecule has 0 unspecified atom stereocenters. The average Bonchev–Trinajstić information content (AvgIpc) is 2.81. The topological polar surface area (TPSA) is 29.0 Å². The van der Waals surface area contributed by atoms with Crippen LogP contribution in [0.15, 0.2) is 48.5 Å². The van der Waals surface area contributed by atoms with Crippen LogP contribution in [0.3, 0.4) is 0 Å². The summed E-state index contributed by atoms with van der Waals surface area (Å²) in [5.74, 6) is 0. The monoisotopic (exact) mass is 439 g/mol. The maximum absolute atomic E-state index is 12.8. The quantitative estimate of drug-likeness (QED) is 0.464. The largest absolute Gasteiger partial charge is 0.416 e. The first-order valence-electron chi connectivity index (χ1n) is 11.2. The summed E-state index contributed by atoms with van der Waals surface area (Å²) in [5.41, 5.74) is 6.71. The van der Waals surface area contributed by atoms with Gasteiger partial charge in [-0.3, -0.25) is 4.90 Å². The Morgan fingerprint density at radius 2 is 1.59 bits per heavy atom. The van der Waals surface area contributed by atoms with Gasteiger partial charge in [-0.25, -0.2) is 9.97 Å². The predicted molar refractivity (Wildman–Crippen MR) is 122 cm³/mol. The smallest absolute Gasteiger partial charge is 0.299 e. The number of fused-ring (bicyclic) bond motifs is 1. The third kappa shape index (κ3) is 5.01. The minimum Gasteiger partial charge on any atom is -0.299 e. The summed E-state index contributed by atoms with van der Waals surface area (Å²) in [6.07, 6.45) is 1.40. The van der Waals surface area contributed by atoms with E-state index in [-0.39, 0.29) is 0 Å². The van der Waals surface area contributed by atoms with E-state index in [9.17, 15) is 13.2 Å². The first-order chi connectivity index (χ1) is 15.4. The van der Waals surface area contributed by atoms with E-state index in [1.807, 2.05) is 0 Å². The number of hydrogen-bond donors (Lipinski definition) is 0. The van der Waals surface area contributed by atoms with Crippen LogP contribution in [0.25, 0.3) is 16.6 Å². The van der Waals surface area contributed by atoms with Crippen molar-refractivity contribution < 1.29 is 13.2 Å². The van der Waals surface area contributed by atoms with Gasteiger partial charge in [-0.2, -0.15) is 13.2 Å². The van der Waals surface area contributed by atoms with Gasteiger partial charge in [-0.1, -0.05) is 38.1 Å². The van der Waals surface area contributed by atoms with Crippen LogP contribution in [0.2, 0.25) is 0 Å². The lowest BCUT2D eigenvalue weighted by Gasteiger charge is -2.26. The molecule has 4 rings (SSSR count). The van der Waals surface area contributed by atoms with Crippen LogP contribution < -0.4 is 0 Å². The minimum absolute atomic E-state index is 0.601. The van der Waals surface area contributed by atoms with Crippen molar-refractivity contribution >= 4 is 16.6 Å². The van der Waals surface area contributed by atoms with Crippen molar-refractivity contribution in [1.82, 2.24) is 14.9 Å². The molecule has 0 saturated heterocycles. The van der Waals surface area contributed by atoms with Gasteiger partial charge in [-0.05, 0) is 66.6 Å². The highest BCUT2D eigenvalue weighted by atomic mass is 19.4. The van der Waals surface area contributed by atoms with Crippen LogP contribution in [0.5, 0.6) is 0 Å². The number of benzene rings is 2.